The van der Waals surface area contributed by atoms with Crippen LogP contribution in [0, 0.1) is 13.8 Å². The fourth-order valence-corrected chi connectivity index (χ4v) is 4.34. The lowest BCUT2D eigenvalue weighted by Crippen LogP contribution is -2.13. The molecule has 5 rings (SSSR count). The summed E-state index contributed by atoms with van der Waals surface area (Å²) in [5.41, 5.74) is 5.76. The lowest BCUT2D eigenvalue weighted by atomic mass is 10.1. The molecule has 3 heterocycles. The fraction of sp³-hybridized carbons (Fsp3) is 0.0870. The number of carbonyl (C=O) groups is 1. The summed E-state index contributed by atoms with van der Waals surface area (Å²) >= 11 is 1.39. The van der Waals surface area contributed by atoms with Crippen LogP contribution in [0.5, 0.6) is 0 Å². The van der Waals surface area contributed by atoms with E-state index in [1.54, 1.807) is 6.92 Å². The van der Waals surface area contributed by atoms with Gasteiger partial charge in [-0.15, -0.1) is 11.3 Å². The van der Waals surface area contributed by atoms with Gasteiger partial charge in [0, 0.05) is 33.1 Å². The van der Waals surface area contributed by atoms with E-state index in [2.05, 4.69) is 26.5 Å². The van der Waals surface area contributed by atoms with Crippen molar-refractivity contribution in [2.24, 2.45) is 0 Å². The van der Waals surface area contributed by atoms with Crippen molar-refractivity contribution < 1.29 is 9.32 Å². The molecule has 7 heteroatoms. The number of aryl methyl sites for hydroxylation is 2. The Morgan fingerprint density at radius 1 is 1.07 bits per heavy atom. The molecule has 0 spiro atoms. The molecule has 0 radical (unpaired) electrons. The number of nitrogens with one attached hydrogen (secondary N) is 2. The van der Waals surface area contributed by atoms with Crippen LogP contribution in [0.2, 0.25) is 0 Å². The summed E-state index contributed by atoms with van der Waals surface area (Å²) in [6, 6.07) is 17.6. The van der Waals surface area contributed by atoms with Crippen LogP contribution in [0.15, 0.2) is 64.5 Å². The van der Waals surface area contributed by atoms with Gasteiger partial charge in [0.1, 0.15) is 17.0 Å². The minimum absolute atomic E-state index is 0.288. The molecule has 0 atom stereocenters. The third-order valence-corrected chi connectivity index (χ3v) is 5.77. The summed E-state index contributed by atoms with van der Waals surface area (Å²) in [5.74, 6) is 0.180. The summed E-state index contributed by atoms with van der Waals surface area (Å²) in [4.78, 5) is 21.1. The first-order valence-electron chi connectivity index (χ1n) is 9.48. The lowest BCUT2D eigenvalue weighted by molar-refractivity contribution is 0.102. The maximum atomic E-state index is 13.0. The molecular weight excluding hydrogens is 396 g/mol. The van der Waals surface area contributed by atoms with E-state index in [-0.39, 0.29) is 5.91 Å². The first-order valence-corrected chi connectivity index (χ1v) is 10.4. The van der Waals surface area contributed by atoms with Crippen LogP contribution in [0.25, 0.3) is 33.4 Å². The SMILES string of the molecule is Cc1[nH]c2ccccc2c1-c1csc(NC(=O)c2c(-c3ccccc3)noc2C)n1. The quantitative estimate of drug-likeness (QED) is 0.388. The highest BCUT2D eigenvalue weighted by molar-refractivity contribution is 7.14. The second-order valence-corrected chi connectivity index (χ2v) is 7.85. The van der Waals surface area contributed by atoms with E-state index in [1.165, 1.54) is 11.3 Å². The van der Waals surface area contributed by atoms with Crippen molar-refractivity contribution in [2.75, 3.05) is 5.32 Å². The Morgan fingerprint density at radius 3 is 2.67 bits per heavy atom. The summed E-state index contributed by atoms with van der Waals surface area (Å²) < 4.78 is 5.30. The number of benzene rings is 2. The van der Waals surface area contributed by atoms with Crippen LogP contribution in [0.1, 0.15) is 21.8 Å². The van der Waals surface area contributed by atoms with E-state index < -0.39 is 0 Å². The van der Waals surface area contributed by atoms with Crippen LogP contribution >= 0.6 is 11.3 Å². The minimum Gasteiger partial charge on any atom is -0.360 e. The molecule has 30 heavy (non-hydrogen) atoms. The Balaban J connectivity index is 1.46. The summed E-state index contributed by atoms with van der Waals surface area (Å²) in [7, 11) is 0. The number of amides is 1. The van der Waals surface area contributed by atoms with Gasteiger partial charge in [-0.3, -0.25) is 10.1 Å². The number of thiazole rings is 1. The van der Waals surface area contributed by atoms with Crippen LogP contribution in [-0.4, -0.2) is 21.0 Å². The van der Waals surface area contributed by atoms with Gasteiger partial charge in [0.2, 0.25) is 0 Å². The normalized spacial score (nSPS) is 11.1. The lowest BCUT2D eigenvalue weighted by Gasteiger charge is -2.03. The Bertz CT molecular complexity index is 1360. The molecular formula is C23H18N4O2S. The number of carbonyl (C=O) groups excluding carboxylic acids is 1. The van der Waals surface area contributed by atoms with Crippen molar-refractivity contribution in [2.45, 2.75) is 13.8 Å². The topological polar surface area (TPSA) is 83.8 Å². The highest BCUT2D eigenvalue weighted by atomic mass is 32.1. The first-order chi connectivity index (χ1) is 14.6. The summed E-state index contributed by atoms with van der Waals surface area (Å²) in [6.45, 7) is 3.76. The molecule has 5 aromatic rings. The molecule has 0 bridgehead atoms. The van der Waals surface area contributed by atoms with Crippen LogP contribution < -0.4 is 5.32 Å². The zero-order valence-corrected chi connectivity index (χ0v) is 17.2. The van der Waals surface area contributed by atoms with Gasteiger partial charge in [0.05, 0.1) is 5.69 Å². The average molecular weight is 414 g/mol. The second-order valence-electron chi connectivity index (χ2n) is 6.99. The smallest absolute Gasteiger partial charge is 0.263 e. The Hall–Kier alpha value is -3.71. The van der Waals surface area contributed by atoms with E-state index in [9.17, 15) is 4.79 Å². The highest BCUT2D eigenvalue weighted by Crippen LogP contribution is 2.34. The molecule has 0 unspecified atom stereocenters. The van der Waals surface area contributed by atoms with Crippen molar-refractivity contribution in [1.82, 2.24) is 15.1 Å². The number of anilines is 1. The zero-order chi connectivity index (χ0) is 20.7. The van der Waals surface area contributed by atoms with E-state index in [0.29, 0.717) is 22.1 Å². The number of H-pyrrole nitrogens is 1. The van der Waals surface area contributed by atoms with E-state index in [1.807, 2.05) is 60.8 Å². The molecule has 1 amide bonds. The van der Waals surface area contributed by atoms with Gasteiger partial charge in [0.15, 0.2) is 5.13 Å². The molecule has 148 valence electrons. The van der Waals surface area contributed by atoms with Crippen molar-refractivity contribution in [3.63, 3.8) is 0 Å². The monoisotopic (exact) mass is 414 g/mol. The molecule has 2 aromatic carbocycles. The number of hydrogen-bond donors (Lipinski definition) is 2. The zero-order valence-electron chi connectivity index (χ0n) is 16.4. The Labute approximate surface area is 176 Å². The van der Waals surface area contributed by atoms with Crippen molar-refractivity contribution in [1.29, 1.82) is 0 Å². The molecule has 0 saturated heterocycles. The largest absolute Gasteiger partial charge is 0.360 e. The van der Waals surface area contributed by atoms with Gasteiger partial charge in [-0.1, -0.05) is 53.7 Å². The molecule has 6 nitrogen and oxygen atoms in total. The number of fused-ring (bicyclic) bond motifs is 1. The maximum absolute atomic E-state index is 13.0. The second kappa shape index (κ2) is 7.27. The van der Waals surface area contributed by atoms with Crippen molar-refractivity contribution in [3.8, 4) is 22.5 Å². The number of rotatable bonds is 4. The minimum atomic E-state index is -0.288. The fourth-order valence-electron chi connectivity index (χ4n) is 3.64. The average Bonchev–Trinajstić information content (AvgIpc) is 3.44. The van der Waals surface area contributed by atoms with E-state index in [0.717, 1.165) is 33.4 Å². The standard InChI is InChI=1S/C23H18N4O2S/c1-13-19(16-10-6-7-11-17(16)24-13)18-12-30-23(25-18)26-22(28)20-14(2)29-27-21(20)15-8-4-3-5-9-15/h3-12,24H,1-2H3,(H,25,26,28). The molecule has 0 aliphatic heterocycles. The highest BCUT2D eigenvalue weighted by Gasteiger charge is 2.23. The van der Waals surface area contributed by atoms with Gasteiger partial charge in [0.25, 0.3) is 5.91 Å². The number of hydrogen-bond acceptors (Lipinski definition) is 5. The molecule has 2 N–H and O–H groups in total. The summed E-state index contributed by atoms with van der Waals surface area (Å²) in [6.07, 6.45) is 0. The van der Waals surface area contributed by atoms with Gasteiger partial charge < -0.3 is 9.51 Å². The predicted octanol–water partition coefficient (Wildman–Crippen LogP) is 5.82. The van der Waals surface area contributed by atoms with Gasteiger partial charge in [-0.05, 0) is 19.9 Å². The molecule has 0 fully saturated rings. The van der Waals surface area contributed by atoms with Crippen molar-refractivity contribution in [3.05, 3.63) is 77.0 Å². The first kappa shape index (κ1) is 18.3. The van der Waals surface area contributed by atoms with Gasteiger partial charge >= 0.3 is 0 Å². The molecule has 0 aliphatic rings. The molecule has 3 aromatic heterocycles. The van der Waals surface area contributed by atoms with Crippen molar-refractivity contribution >= 4 is 33.3 Å². The predicted molar refractivity (Wildman–Crippen MR) is 119 cm³/mol. The van der Waals surface area contributed by atoms with Crippen LogP contribution in [0.3, 0.4) is 0 Å². The molecule has 0 saturated carbocycles. The number of para-hydroxylation sites is 1. The molecule has 0 aliphatic carbocycles. The Kier molecular flexibility index (Phi) is 4.44. The summed E-state index contributed by atoms with van der Waals surface area (Å²) in [5, 5.41) is 10.6. The van der Waals surface area contributed by atoms with E-state index >= 15 is 0 Å². The third kappa shape index (κ3) is 3.09. The number of nitrogens with zero attached hydrogens (tertiary/aromatic N) is 2. The van der Waals surface area contributed by atoms with Crippen LogP contribution in [0.4, 0.5) is 5.13 Å². The third-order valence-electron chi connectivity index (χ3n) is 5.01. The van der Waals surface area contributed by atoms with Gasteiger partial charge in [-0.25, -0.2) is 4.98 Å². The number of aromatic amines is 1. The maximum Gasteiger partial charge on any atom is 0.263 e. The Morgan fingerprint density at radius 2 is 1.83 bits per heavy atom. The van der Waals surface area contributed by atoms with E-state index in [4.69, 9.17) is 4.52 Å². The van der Waals surface area contributed by atoms with Gasteiger partial charge in [-0.2, -0.15) is 0 Å². The number of aromatic nitrogens is 3. The van der Waals surface area contributed by atoms with Crippen LogP contribution in [-0.2, 0) is 0 Å².